The molecular formula is C23H37NO4. The Bertz CT molecular complexity index is 629. The molecule has 0 radical (unpaired) electrons. The highest BCUT2D eigenvalue weighted by molar-refractivity contribution is 5.95. The number of imide groups is 1. The molecule has 5 heteroatoms. The molecule has 5 nitrogen and oxygen atoms in total. The number of aliphatic hydroxyl groups is 1. The van der Waals surface area contributed by atoms with E-state index in [2.05, 4.69) is 26.5 Å². The van der Waals surface area contributed by atoms with Crippen molar-refractivity contribution in [1.82, 2.24) is 4.90 Å². The Balaban J connectivity index is 3.00. The summed E-state index contributed by atoms with van der Waals surface area (Å²) in [5.41, 5.74) is 3.23. The highest BCUT2D eigenvalue weighted by Gasteiger charge is 2.43. The number of nitrogens with zero attached hydrogens (tertiary/aromatic N) is 1. The molecule has 1 saturated heterocycles. The average Bonchev–Trinajstić information content (AvgIpc) is 2.95. The van der Waals surface area contributed by atoms with Crippen LogP contribution in [0.2, 0.25) is 0 Å². The first-order valence-electron chi connectivity index (χ1n) is 10.2. The average molecular weight is 392 g/mol. The molecular weight excluding hydrogens is 354 g/mol. The van der Waals surface area contributed by atoms with Gasteiger partial charge >= 0.3 is 6.09 Å². The molecule has 3 atom stereocenters. The first kappa shape index (κ1) is 24.2. The third-order valence-corrected chi connectivity index (χ3v) is 5.07. The number of carbonyl (C=O) groups is 2. The third kappa shape index (κ3) is 7.27. The smallest absolute Gasteiger partial charge is 0.416 e. The van der Waals surface area contributed by atoms with Gasteiger partial charge in [-0.2, -0.15) is 0 Å². The second-order valence-corrected chi connectivity index (χ2v) is 8.52. The molecule has 1 aliphatic heterocycles. The molecule has 0 bridgehead atoms. The van der Waals surface area contributed by atoms with E-state index >= 15 is 0 Å². The minimum Gasteiger partial charge on any atom is -0.447 e. The summed E-state index contributed by atoms with van der Waals surface area (Å²) >= 11 is 0. The van der Waals surface area contributed by atoms with Crippen molar-refractivity contribution in [1.29, 1.82) is 0 Å². The number of rotatable bonds is 10. The van der Waals surface area contributed by atoms with Crippen LogP contribution in [0.3, 0.4) is 0 Å². The van der Waals surface area contributed by atoms with E-state index in [1.807, 2.05) is 27.7 Å². The Hall–Kier alpha value is -1.88. The van der Waals surface area contributed by atoms with Gasteiger partial charge in [0.1, 0.15) is 6.61 Å². The largest absolute Gasteiger partial charge is 0.447 e. The van der Waals surface area contributed by atoms with Gasteiger partial charge in [-0.1, -0.05) is 42.7 Å². The van der Waals surface area contributed by atoms with E-state index in [4.69, 9.17) is 4.74 Å². The zero-order chi connectivity index (χ0) is 21.4. The summed E-state index contributed by atoms with van der Waals surface area (Å²) in [5, 5.41) is 10.8. The van der Waals surface area contributed by atoms with Crippen molar-refractivity contribution in [3.8, 4) is 0 Å². The maximum absolute atomic E-state index is 13.2. The summed E-state index contributed by atoms with van der Waals surface area (Å²) in [5.74, 6) is -0.957. The van der Waals surface area contributed by atoms with Crippen LogP contribution in [-0.2, 0) is 9.53 Å². The zero-order valence-electron chi connectivity index (χ0n) is 18.3. The van der Waals surface area contributed by atoms with Crippen LogP contribution >= 0.6 is 0 Å². The Morgan fingerprint density at radius 2 is 1.93 bits per heavy atom. The quantitative estimate of drug-likeness (QED) is 0.531. The van der Waals surface area contributed by atoms with Crippen LogP contribution < -0.4 is 0 Å². The van der Waals surface area contributed by atoms with Gasteiger partial charge in [0.05, 0.1) is 18.1 Å². The Labute approximate surface area is 170 Å². The van der Waals surface area contributed by atoms with Crippen LogP contribution in [0.1, 0.15) is 67.2 Å². The fraction of sp³-hybridized carbons (Fsp3) is 0.652. The molecule has 0 saturated carbocycles. The van der Waals surface area contributed by atoms with Crippen LogP contribution in [0.4, 0.5) is 4.79 Å². The predicted octanol–water partition coefficient (Wildman–Crippen LogP) is 5.02. The summed E-state index contributed by atoms with van der Waals surface area (Å²) in [6.07, 6.45) is 5.14. The molecule has 1 aliphatic rings. The van der Waals surface area contributed by atoms with Gasteiger partial charge in [-0.15, -0.1) is 6.58 Å². The molecule has 1 fully saturated rings. The van der Waals surface area contributed by atoms with Gasteiger partial charge in [0.2, 0.25) is 5.91 Å². The molecule has 158 valence electrons. The maximum atomic E-state index is 13.2. The van der Waals surface area contributed by atoms with E-state index in [0.717, 1.165) is 24.0 Å². The van der Waals surface area contributed by atoms with E-state index in [-0.39, 0.29) is 24.5 Å². The SMILES string of the molecule is C=C(C)CC[C@@H](C(=O)N1C(=O)OC[C@H]1C(C)C)[C@@H](O)/C=C(\C)CCC=C(C)C. The van der Waals surface area contributed by atoms with Crippen molar-refractivity contribution in [2.24, 2.45) is 11.8 Å². The Kier molecular flexibility index (Phi) is 9.66. The number of amides is 2. The number of allylic oxidation sites excluding steroid dienone is 4. The van der Waals surface area contributed by atoms with Crippen molar-refractivity contribution in [3.05, 3.63) is 35.5 Å². The Morgan fingerprint density at radius 1 is 1.29 bits per heavy atom. The topological polar surface area (TPSA) is 66.8 Å². The van der Waals surface area contributed by atoms with Crippen molar-refractivity contribution >= 4 is 12.0 Å². The monoisotopic (exact) mass is 391 g/mol. The minimum atomic E-state index is -0.945. The molecule has 1 N–H and O–H groups in total. The number of ether oxygens (including phenoxy) is 1. The van der Waals surface area contributed by atoms with E-state index in [1.54, 1.807) is 6.08 Å². The van der Waals surface area contributed by atoms with Crippen molar-refractivity contribution < 1.29 is 19.4 Å². The molecule has 0 aromatic heterocycles. The summed E-state index contributed by atoms with van der Waals surface area (Å²) in [4.78, 5) is 26.6. The third-order valence-electron chi connectivity index (χ3n) is 5.07. The summed E-state index contributed by atoms with van der Waals surface area (Å²) < 4.78 is 5.12. The predicted molar refractivity (Wildman–Crippen MR) is 113 cm³/mol. The van der Waals surface area contributed by atoms with E-state index < -0.39 is 18.1 Å². The number of aliphatic hydroxyl groups excluding tert-OH is 1. The first-order valence-corrected chi connectivity index (χ1v) is 10.2. The standard InChI is InChI=1S/C23H37NO4/c1-15(2)9-8-10-18(7)13-21(25)19(12-11-16(3)4)22(26)24-20(17(5)6)14-28-23(24)27/h9,13,17,19-21,25H,3,8,10-12,14H2,1-2,4-7H3/b18-13+/t19-,20+,21+/m1/s1. The second kappa shape index (κ2) is 11.2. The second-order valence-electron chi connectivity index (χ2n) is 8.52. The van der Waals surface area contributed by atoms with Crippen molar-refractivity contribution in [3.63, 3.8) is 0 Å². The fourth-order valence-corrected chi connectivity index (χ4v) is 3.28. The number of hydrogen-bond donors (Lipinski definition) is 1. The van der Waals surface area contributed by atoms with Gasteiger partial charge in [0.15, 0.2) is 0 Å². The van der Waals surface area contributed by atoms with E-state index in [0.29, 0.717) is 12.8 Å². The number of hydrogen-bond acceptors (Lipinski definition) is 4. The highest BCUT2D eigenvalue weighted by atomic mass is 16.6. The fourth-order valence-electron chi connectivity index (χ4n) is 3.28. The van der Waals surface area contributed by atoms with E-state index in [1.165, 1.54) is 10.5 Å². The van der Waals surface area contributed by atoms with Crippen LogP contribution in [0.15, 0.2) is 35.5 Å². The number of cyclic esters (lactones) is 1. The lowest BCUT2D eigenvalue weighted by Crippen LogP contribution is -2.47. The molecule has 0 spiro atoms. The molecule has 0 unspecified atom stereocenters. The number of carbonyl (C=O) groups excluding carboxylic acids is 2. The maximum Gasteiger partial charge on any atom is 0.416 e. The van der Waals surface area contributed by atoms with Gasteiger partial charge in [0, 0.05) is 0 Å². The lowest BCUT2D eigenvalue weighted by atomic mass is 9.90. The zero-order valence-corrected chi connectivity index (χ0v) is 18.3. The normalized spacial score (nSPS) is 19.4. The minimum absolute atomic E-state index is 0.0932. The van der Waals surface area contributed by atoms with Gasteiger partial charge < -0.3 is 9.84 Å². The van der Waals surface area contributed by atoms with Crippen LogP contribution in [0, 0.1) is 11.8 Å². The molecule has 28 heavy (non-hydrogen) atoms. The van der Waals surface area contributed by atoms with Crippen LogP contribution in [0.25, 0.3) is 0 Å². The highest BCUT2D eigenvalue weighted by Crippen LogP contribution is 2.27. The Morgan fingerprint density at radius 3 is 2.46 bits per heavy atom. The first-order chi connectivity index (χ1) is 13.0. The van der Waals surface area contributed by atoms with E-state index in [9.17, 15) is 14.7 Å². The molecule has 0 aliphatic carbocycles. The molecule has 0 aromatic carbocycles. The lowest BCUT2D eigenvalue weighted by molar-refractivity contribution is -0.137. The summed E-state index contributed by atoms with van der Waals surface area (Å²) in [7, 11) is 0. The molecule has 0 aromatic rings. The lowest BCUT2D eigenvalue weighted by Gasteiger charge is -2.28. The van der Waals surface area contributed by atoms with Gasteiger partial charge in [-0.25, -0.2) is 9.69 Å². The van der Waals surface area contributed by atoms with Crippen LogP contribution in [-0.4, -0.2) is 40.8 Å². The molecule has 1 heterocycles. The van der Waals surface area contributed by atoms with Crippen molar-refractivity contribution in [2.45, 2.75) is 79.4 Å². The summed E-state index contributed by atoms with van der Waals surface area (Å²) in [6.45, 7) is 16.0. The van der Waals surface area contributed by atoms with Gasteiger partial charge in [-0.05, 0) is 59.3 Å². The summed E-state index contributed by atoms with van der Waals surface area (Å²) in [6, 6.07) is -0.290. The molecule has 1 rings (SSSR count). The van der Waals surface area contributed by atoms with Crippen LogP contribution in [0.5, 0.6) is 0 Å². The van der Waals surface area contributed by atoms with Gasteiger partial charge in [0.25, 0.3) is 0 Å². The molecule has 2 amide bonds. The van der Waals surface area contributed by atoms with Gasteiger partial charge in [-0.3, -0.25) is 4.79 Å². The van der Waals surface area contributed by atoms with Crippen molar-refractivity contribution in [2.75, 3.05) is 6.61 Å².